The van der Waals surface area contributed by atoms with Gasteiger partial charge in [0, 0.05) is 15.3 Å². The molecule has 2 N–H and O–H groups in total. The van der Waals surface area contributed by atoms with Gasteiger partial charge in [-0.3, -0.25) is 0 Å². The zero-order valence-corrected chi connectivity index (χ0v) is 11.5. The second-order valence-corrected chi connectivity index (χ2v) is 5.84. The second kappa shape index (κ2) is 4.68. The monoisotopic (exact) mass is 288 g/mol. The third-order valence-corrected chi connectivity index (χ3v) is 4.20. The van der Waals surface area contributed by atoms with E-state index in [1.807, 2.05) is 25.1 Å². The number of cyclic esters (lactones) is 1. The number of aryl methyl sites for hydroxylation is 1. The average Bonchev–Trinajstić information content (AvgIpc) is 2.99. The van der Waals surface area contributed by atoms with Crippen LogP contribution in [-0.2, 0) is 9.53 Å². The van der Waals surface area contributed by atoms with Crippen LogP contribution in [-0.4, -0.2) is 16.2 Å². The van der Waals surface area contributed by atoms with E-state index >= 15 is 0 Å². The molecule has 1 aromatic carbocycles. The van der Waals surface area contributed by atoms with Gasteiger partial charge in [0.25, 0.3) is 0 Å². The summed E-state index contributed by atoms with van der Waals surface area (Å²) in [5, 5.41) is 18.9. The van der Waals surface area contributed by atoms with E-state index in [9.17, 15) is 15.0 Å². The molecule has 1 aromatic heterocycles. The van der Waals surface area contributed by atoms with Crippen molar-refractivity contribution in [3.8, 4) is 10.4 Å². The maximum Gasteiger partial charge on any atom is 0.378 e. The van der Waals surface area contributed by atoms with Gasteiger partial charge in [-0.25, -0.2) is 4.79 Å². The van der Waals surface area contributed by atoms with Crippen molar-refractivity contribution >= 4 is 17.3 Å². The van der Waals surface area contributed by atoms with Crippen LogP contribution in [0.1, 0.15) is 16.5 Å². The number of rotatable bonds is 2. The van der Waals surface area contributed by atoms with E-state index in [0.29, 0.717) is 5.56 Å². The van der Waals surface area contributed by atoms with E-state index in [1.54, 1.807) is 23.5 Å². The van der Waals surface area contributed by atoms with Crippen molar-refractivity contribution in [3.05, 3.63) is 58.4 Å². The van der Waals surface area contributed by atoms with Crippen LogP contribution in [0.2, 0.25) is 0 Å². The molecule has 0 bridgehead atoms. The summed E-state index contributed by atoms with van der Waals surface area (Å²) in [7, 11) is 0. The first-order valence-electron chi connectivity index (χ1n) is 6.06. The van der Waals surface area contributed by atoms with E-state index in [1.165, 1.54) is 4.88 Å². The second-order valence-electron chi connectivity index (χ2n) is 4.55. The lowest BCUT2D eigenvalue weighted by atomic mass is 10.1. The maximum absolute atomic E-state index is 11.2. The fourth-order valence-electron chi connectivity index (χ4n) is 2.09. The molecule has 0 spiro atoms. The van der Waals surface area contributed by atoms with Crippen molar-refractivity contribution in [2.24, 2.45) is 0 Å². The highest BCUT2D eigenvalue weighted by atomic mass is 32.1. The summed E-state index contributed by atoms with van der Waals surface area (Å²) in [6.07, 6.45) is -0.915. The summed E-state index contributed by atoms with van der Waals surface area (Å²) >= 11 is 1.70. The molecule has 0 fully saturated rings. The lowest BCUT2D eigenvalue weighted by molar-refractivity contribution is -0.142. The molecular weight excluding hydrogens is 276 g/mol. The molecule has 1 unspecified atom stereocenters. The summed E-state index contributed by atoms with van der Waals surface area (Å²) in [5.74, 6) is -2.05. The molecule has 20 heavy (non-hydrogen) atoms. The molecule has 2 heterocycles. The molecule has 0 radical (unpaired) electrons. The number of carbonyl (C=O) groups excluding carboxylic acids is 1. The van der Waals surface area contributed by atoms with Crippen molar-refractivity contribution < 1.29 is 19.7 Å². The van der Waals surface area contributed by atoms with E-state index in [-0.39, 0.29) is 0 Å². The fourth-order valence-corrected chi connectivity index (χ4v) is 2.96. The van der Waals surface area contributed by atoms with Crippen molar-refractivity contribution in [1.29, 1.82) is 0 Å². The van der Waals surface area contributed by atoms with Crippen LogP contribution >= 0.6 is 11.3 Å². The number of esters is 1. The Labute approximate surface area is 119 Å². The molecule has 0 amide bonds. The fraction of sp³-hybridized carbons (Fsp3) is 0.133. The summed E-state index contributed by atoms with van der Waals surface area (Å²) in [4.78, 5) is 13.6. The molecule has 5 heteroatoms. The summed E-state index contributed by atoms with van der Waals surface area (Å²) in [6.45, 7) is 2.05. The van der Waals surface area contributed by atoms with Gasteiger partial charge in [-0.15, -0.1) is 11.3 Å². The number of aliphatic hydroxyl groups excluding tert-OH is 2. The number of ether oxygens (including phenoxy) is 1. The van der Waals surface area contributed by atoms with Crippen LogP contribution in [0.25, 0.3) is 10.4 Å². The van der Waals surface area contributed by atoms with Crippen LogP contribution in [0, 0.1) is 6.92 Å². The normalized spacial score (nSPS) is 18.4. The Morgan fingerprint density at radius 2 is 1.80 bits per heavy atom. The number of thiophene rings is 1. The Balaban J connectivity index is 1.89. The van der Waals surface area contributed by atoms with Crippen LogP contribution in [0.5, 0.6) is 0 Å². The molecule has 0 aliphatic carbocycles. The number of hydrogen-bond acceptors (Lipinski definition) is 5. The molecule has 0 saturated carbocycles. The van der Waals surface area contributed by atoms with Crippen LogP contribution < -0.4 is 0 Å². The predicted molar refractivity (Wildman–Crippen MR) is 75.6 cm³/mol. The molecule has 1 aliphatic heterocycles. The van der Waals surface area contributed by atoms with Crippen molar-refractivity contribution in [1.82, 2.24) is 0 Å². The Morgan fingerprint density at radius 3 is 2.30 bits per heavy atom. The lowest BCUT2D eigenvalue weighted by Crippen LogP contribution is -2.03. The minimum absolute atomic E-state index is 0.435. The Hall–Kier alpha value is -2.27. The molecule has 2 aromatic rings. The zero-order valence-electron chi connectivity index (χ0n) is 10.7. The first-order valence-corrected chi connectivity index (χ1v) is 6.88. The van der Waals surface area contributed by atoms with E-state index in [4.69, 9.17) is 4.74 Å². The number of benzene rings is 1. The van der Waals surface area contributed by atoms with Crippen LogP contribution in [0.3, 0.4) is 0 Å². The molecule has 1 aliphatic rings. The molecule has 102 valence electrons. The third-order valence-electron chi connectivity index (χ3n) is 3.15. The minimum atomic E-state index is -0.915. The van der Waals surface area contributed by atoms with Crippen LogP contribution in [0.15, 0.2) is 47.9 Å². The SMILES string of the molecule is Cc1ccc(-c2ccc(C3OC(=O)C(O)=C3O)cc2)s1. The summed E-state index contributed by atoms with van der Waals surface area (Å²) in [5.41, 5.74) is 1.68. The largest absolute Gasteiger partial charge is 0.505 e. The Bertz CT molecular complexity index is 697. The predicted octanol–water partition coefficient (Wildman–Crippen LogP) is 3.65. The Kier molecular flexibility index (Phi) is 2.99. The standard InChI is InChI=1S/C15H12O4S/c1-8-2-7-11(20-8)9-3-5-10(6-4-9)14-12(16)13(17)15(18)19-14/h2-7,14,16-17H,1H3. The highest BCUT2D eigenvalue weighted by Crippen LogP contribution is 2.34. The number of aliphatic hydroxyl groups is 2. The van der Waals surface area contributed by atoms with Gasteiger partial charge in [-0.05, 0) is 24.6 Å². The smallest absolute Gasteiger partial charge is 0.378 e. The highest BCUT2D eigenvalue weighted by Gasteiger charge is 2.35. The molecule has 4 nitrogen and oxygen atoms in total. The molecule has 3 rings (SSSR count). The van der Waals surface area contributed by atoms with Gasteiger partial charge in [0.1, 0.15) is 0 Å². The van der Waals surface area contributed by atoms with E-state index < -0.39 is 23.6 Å². The highest BCUT2D eigenvalue weighted by molar-refractivity contribution is 7.15. The first kappa shape index (κ1) is 12.7. The molecule has 1 atom stereocenters. The van der Waals surface area contributed by atoms with E-state index in [2.05, 4.69) is 6.07 Å². The van der Waals surface area contributed by atoms with Crippen molar-refractivity contribution in [2.75, 3.05) is 0 Å². The van der Waals surface area contributed by atoms with Gasteiger partial charge in [-0.2, -0.15) is 0 Å². The quantitative estimate of drug-likeness (QED) is 0.828. The topological polar surface area (TPSA) is 66.8 Å². The molecule has 0 saturated heterocycles. The summed E-state index contributed by atoms with van der Waals surface area (Å²) in [6, 6.07) is 11.5. The van der Waals surface area contributed by atoms with Gasteiger partial charge < -0.3 is 14.9 Å². The maximum atomic E-state index is 11.2. The Morgan fingerprint density at radius 1 is 1.10 bits per heavy atom. The van der Waals surface area contributed by atoms with Gasteiger partial charge >= 0.3 is 5.97 Å². The summed E-state index contributed by atoms with van der Waals surface area (Å²) < 4.78 is 4.91. The molecular formula is C15H12O4S. The first-order chi connectivity index (χ1) is 9.56. The van der Waals surface area contributed by atoms with E-state index in [0.717, 1.165) is 10.4 Å². The van der Waals surface area contributed by atoms with Gasteiger partial charge in [-0.1, -0.05) is 24.3 Å². The number of carbonyl (C=O) groups is 1. The zero-order chi connectivity index (χ0) is 14.3. The average molecular weight is 288 g/mol. The third kappa shape index (κ3) is 2.06. The van der Waals surface area contributed by atoms with Crippen molar-refractivity contribution in [3.63, 3.8) is 0 Å². The van der Waals surface area contributed by atoms with Gasteiger partial charge in [0.15, 0.2) is 11.9 Å². The lowest BCUT2D eigenvalue weighted by Gasteiger charge is -2.10. The van der Waals surface area contributed by atoms with Gasteiger partial charge in [0.2, 0.25) is 5.76 Å². The minimum Gasteiger partial charge on any atom is -0.505 e. The number of hydrogen-bond donors (Lipinski definition) is 2. The van der Waals surface area contributed by atoms with Crippen LogP contribution in [0.4, 0.5) is 0 Å². The van der Waals surface area contributed by atoms with Gasteiger partial charge in [0.05, 0.1) is 0 Å². The van der Waals surface area contributed by atoms with Crippen molar-refractivity contribution in [2.45, 2.75) is 13.0 Å².